The van der Waals surface area contributed by atoms with Crippen LogP contribution in [0.15, 0.2) is 18.3 Å². The molecule has 19 heavy (non-hydrogen) atoms. The van der Waals surface area contributed by atoms with Crippen molar-refractivity contribution in [3.8, 4) is 0 Å². The maximum Gasteiger partial charge on any atom is 0.0672 e. The number of nitrogens with two attached hydrogens (primary N) is 1. The molecule has 0 bridgehead atoms. The van der Waals surface area contributed by atoms with E-state index in [-0.39, 0.29) is 0 Å². The van der Waals surface area contributed by atoms with Gasteiger partial charge in [0, 0.05) is 18.5 Å². The van der Waals surface area contributed by atoms with Crippen LogP contribution >= 0.6 is 0 Å². The number of nitrogens with zero attached hydrogens (tertiary/aromatic N) is 1. The van der Waals surface area contributed by atoms with Crippen LogP contribution in [-0.2, 0) is 0 Å². The number of benzene rings is 1. The summed E-state index contributed by atoms with van der Waals surface area (Å²) in [7, 11) is 0. The zero-order chi connectivity index (χ0) is 13.2. The number of aliphatic hydroxyl groups excluding tert-OH is 1. The Morgan fingerprint density at radius 2 is 2.21 bits per heavy atom. The number of aromatic amines is 1. The van der Waals surface area contributed by atoms with Gasteiger partial charge in [0.25, 0.3) is 0 Å². The maximum atomic E-state index is 9.34. The first-order chi connectivity index (χ1) is 9.28. The van der Waals surface area contributed by atoms with Crippen LogP contribution in [0, 0.1) is 11.8 Å². The van der Waals surface area contributed by atoms with E-state index >= 15 is 0 Å². The molecule has 102 valence electrons. The van der Waals surface area contributed by atoms with E-state index in [1.54, 1.807) is 6.20 Å². The molecule has 5 heteroatoms. The van der Waals surface area contributed by atoms with Crippen molar-refractivity contribution in [3.05, 3.63) is 18.3 Å². The molecule has 0 amide bonds. The largest absolute Gasteiger partial charge is 0.397 e. The van der Waals surface area contributed by atoms with Crippen molar-refractivity contribution in [2.24, 2.45) is 11.8 Å². The highest BCUT2D eigenvalue weighted by Gasteiger charge is 2.26. The van der Waals surface area contributed by atoms with Crippen LogP contribution in [0.1, 0.15) is 19.3 Å². The third-order valence-corrected chi connectivity index (χ3v) is 4.22. The number of aliphatic hydroxyl groups is 1. The van der Waals surface area contributed by atoms with Crippen molar-refractivity contribution in [1.29, 1.82) is 0 Å². The SMILES string of the molecule is Nc1cc2cn[nH]c2cc1NCC1CCCC1CO. The molecule has 2 atom stereocenters. The van der Waals surface area contributed by atoms with Crippen LogP contribution in [-0.4, -0.2) is 28.5 Å². The van der Waals surface area contributed by atoms with E-state index in [1.807, 2.05) is 12.1 Å². The summed E-state index contributed by atoms with van der Waals surface area (Å²) >= 11 is 0. The second-order valence-electron chi connectivity index (χ2n) is 5.41. The van der Waals surface area contributed by atoms with Gasteiger partial charge in [0.2, 0.25) is 0 Å². The number of hydrogen-bond acceptors (Lipinski definition) is 4. The average molecular weight is 260 g/mol. The fraction of sp³-hybridized carbons (Fsp3) is 0.500. The van der Waals surface area contributed by atoms with Gasteiger partial charge in [-0.25, -0.2) is 0 Å². The molecule has 2 unspecified atom stereocenters. The average Bonchev–Trinajstić information content (AvgIpc) is 3.03. The minimum absolute atomic E-state index is 0.293. The van der Waals surface area contributed by atoms with Gasteiger partial charge in [-0.05, 0) is 36.8 Å². The molecule has 1 aliphatic rings. The molecule has 2 aromatic rings. The van der Waals surface area contributed by atoms with Crippen LogP contribution in [0.2, 0.25) is 0 Å². The number of rotatable bonds is 4. The Kier molecular flexibility index (Phi) is 3.29. The lowest BCUT2D eigenvalue weighted by Crippen LogP contribution is -2.21. The molecule has 0 radical (unpaired) electrons. The van der Waals surface area contributed by atoms with E-state index in [9.17, 15) is 5.11 Å². The minimum Gasteiger partial charge on any atom is -0.397 e. The second-order valence-corrected chi connectivity index (χ2v) is 5.41. The molecule has 3 rings (SSSR count). The van der Waals surface area contributed by atoms with Gasteiger partial charge in [-0.1, -0.05) is 6.42 Å². The summed E-state index contributed by atoms with van der Waals surface area (Å²) in [6.07, 6.45) is 5.31. The Morgan fingerprint density at radius 1 is 1.37 bits per heavy atom. The first-order valence-corrected chi connectivity index (χ1v) is 6.85. The van der Waals surface area contributed by atoms with Gasteiger partial charge in [0.05, 0.1) is 23.1 Å². The fourth-order valence-corrected chi connectivity index (χ4v) is 3.03. The normalized spacial score (nSPS) is 23.0. The number of fused-ring (bicyclic) bond motifs is 1. The molecule has 5 N–H and O–H groups in total. The Morgan fingerprint density at radius 3 is 3.05 bits per heavy atom. The van der Waals surface area contributed by atoms with E-state index in [0.29, 0.717) is 18.4 Å². The van der Waals surface area contributed by atoms with Gasteiger partial charge in [-0.15, -0.1) is 0 Å². The quantitative estimate of drug-likeness (QED) is 0.633. The van der Waals surface area contributed by atoms with Crippen LogP contribution in [0.4, 0.5) is 11.4 Å². The first-order valence-electron chi connectivity index (χ1n) is 6.85. The highest BCUT2D eigenvalue weighted by atomic mass is 16.3. The van der Waals surface area contributed by atoms with Gasteiger partial charge in [-0.2, -0.15) is 5.10 Å². The van der Waals surface area contributed by atoms with Crippen LogP contribution in [0.25, 0.3) is 10.9 Å². The predicted octanol–water partition coefficient (Wildman–Crippen LogP) is 1.97. The smallest absolute Gasteiger partial charge is 0.0672 e. The van der Waals surface area contributed by atoms with Gasteiger partial charge < -0.3 is 16.2 Å². The topological polar surface area (TPSA) is 87.0 Å². The van der Waals surface area contributed by atoms with Crippen molar-refractivity contribution in [2.45, 2.75) is 19.3 Å². The van der Waals surface area contributed by atoms with Gasteiger partial charge in [-0.3, -0.25) is 5.10 Å². The summed E-state index contributed by atoms with van der Waals surface area (Å²) in [6, 6.07) is 3.93. The molecule has 0 spiro atoms. The number of anilines is 2. The summed E-state index contributed by atoms with van der Waals surface area (Å²) in [6.45, 7) is 1.16. The molecule has 1 aromatic heterocycles. The van der Waals surface area contributed by atoms with Crippen molar-refractivity contribution in [1.82, 2.24) is 10.2 Å². The molecular weight excluding hydrogens is 240 g/mol. The monoisotopic (exact) mass is 260 g/mol. The lowest BCUT2D eigenvalue weighted by atomic mass is 9.97. The number of nitrogen functional groups attached to an aromatic ring is 1. The van der Waals surface area contributed by atoms with Crippen LogP contribution in [0.5, 0.6) is 0 Å². The molecule has 1 fully saturated rings. The third-order valence-electron chi connectivity index (χ3n) is 4.22. The van der Waals surface area contributed by atoms with Crippen molar-refractivity contribution in [3.63, 3.8) is 0 Å². The molecule has 0 aliphatic heterocycles. The van der Waals surface area contributed by atoms with E-state index < -0.39 is 0 Å². The van der Waals surface area contributed by atoms with Gasteiger partial charge in [0.1, 0.15) is 0 Å². The molecule has 5 nitrogen and oxygen atoms in total. The lowest BCUT2D eigenvalue weighted by Gasteiger charge is -2.19. The summed E-state index contributed by atoms with van der Waals surface area (Å²) in [4.78, 5) is 0. The summed E-state index contributed by atoms with van der Waals surface area (Å²) in [5, 5.41) is 20.7. The number of H-pyrrole nitrogens is 1. The zero-order valence-corrected chi connectivity index (χ0v) is 10.9. The zero-order valence-electron chi connectivity index (χ0n) is 10.9. The molecule has 1 aliphatic carbocycles. The molecule has 1 aromatic carbocycles. The predicted molar refractivity (Wildman–Crippen MR) is 76.9 cm³/mol. The highest BCUT2D eigenvalue weighted by molar-refractivity contribution is 5.88. The Labute approximate surface area is 112 Å². The molecular formula is C14H20N4O. The lowest BCUT2D eigenvalue weighted by molar-refractivity contribution is 0.199. The molecule has 1 heterocycles. The first kappa shape index (κ1) is 12.3. The Hall–Kier alpha value is -1.75. The van der Waals surface area contributed by atoms with Crippen LogP contribution in [0.3, 0.4) is 0 Å². The Bertz CT molecular complexity index is 566. The maximum absolute atomic E-state index is 9.34. The Balaban J connectivity index is 1.72. The van der Waals surface area contributed by atoms with E-state index in [2.05, 4.69) is 15.5 Å². The van der Waals surface area contributed by atoms with E-state index in [1.165, 1.54) is 12.8 Å². The summed E-state index contributed by atoms with van der Waals surface area (Å²) < 4.78 is 0. The van der Waals surface area contributed by atoms with Crippen LogP contribution < -0.4 is 11.1 Å². The molecule has 1 saturated carbocycles. The number of nitrogens with one attached hydrogen (secondary N) is 2. The summed E-state index contributed by atoms with van der Waals surface area (Å²) in [5.41, 5.74) is 8.72. The van der Waals surface area contributed by atoms with Gasteiger partial charge in [0.15, 0.2) is 0 Å². The van der Waals surface area contributed by atoms with Crippen molar-refractivity contribution in [2.75, 3.05) is 24.2 Å². The second kappa shape index (κ2) is 5.09. The van der Waals surface area contributed by atoms with E-state index in [0.717, 1.165) is 35.2 Å². The number of hydrogen-bond donors (Lipinski definition) is 4. The fourth-order valence-electron chi connectivity index (χ4n) is 3.03. The van der Waals surface area contributed by atoms with E-state index in [4.69, 9.17) is 5.73 Å². The summed E-state index contributed by atoms with van der Waals surface area (Å²) in [5.74, 6) is 0.978. The molecule has 0 saturated heterocycles. The van der Waals surface area contributed by atoms with Crippen molar-refractivity contribution < 1.29 is 5.11 Å². The number of aromatic nitrogens is 2. The highest BCUT2D eigenvalue weighted by Crippen LogP contribution is 2.32. The third kappa shape index (κ3) is 2.38. The standard InChI is InChI=1S/C14H20N4O/c15-12-4-11-7-17-18-13(11)5-14(12)16-6-9-2-1-3-10(9)8-19/h4-5,7,9-10,16,19H,1-3,6,8,15H2,(H,17,18). The van der Waals surface area contributed by atoms with Gasteiger partial charge >= 0.3 is 0 Å². The minimum atomic E-state index is 0.293. The van der Waals surface area contributed by atoms with Crippen molar-refractivity contribution >= 4 is 22.3 Å².